The first kappa shape index (κ1) is 34.6. The highest BCUT2D eigenvalue weighted by atomic mass is 16.3. The molecule has 0 bridgehead atoms. The van der Waals surface area contributed by atoms with Crippen LogP contribution in [0.2, 0.25) is 0 Å². The van der Waals surface area contributed by atoms with Gasteiger partial charge in [0.25, 0.3) is 0 Å². The fourth-order valence-electron chi connectivity index (χ4n) is 9.88. The molecule has 0 fully saturated rings. The van der Waals surface area contributed by atoms with Crippen molar-refractivity contribution in [1.29, 1.82) is 0 Å². The van der Waals surface area contributed by atoms with Gasteiger partial charge in [0.05, 0.1) is 5.69 Å². The van der Waals surface area contributed by atoms with Crippen LogP contribution in [0, 0.1) is 0 Å². The largest absolute Gasteiger partial charge is 0.454 e. The number of fused-ring (bicyclic) bond motifs is 10. The molecule has 0 saturated carbocycles. The molecular formula is C58H41NO. The van der Waals surface area contributed by atoms with Gasteiger partial charge in [0.2, 0.25) is 0 Å². The van der Waals surface area contributed by atoms with Crippen LogP contribution in [0.25, 0.3) is 98.8 Å². The Labute approximate surface area is 349 Å². The number of benzene rings is 10. The zero-order valence-electron chi connectivity index (χ0n) is 33.8. The van der Waals surface area contributed by atoms with Gasteiger partial charge in [-0.3, -0.25) is 0 Å². The first-order valence-electron chi connectivity index (χ1n) is 20.9. The van der Waals surface area contributed by atoms with Crippen molar-refractivity contribution in [2.45, 2.75) is 26.2 Å². The lowest BCUT2D eigenvalue weighted by Crippen LogP contribution is -2.11. The Hall–Kier alpha value is -7.42. The molecule has 1 heterocycles. The highest BCUT2D eigenvalue weighted by Crippen LogP contribution is 2.54. The average Bonchev–Trinajstić information content (AvgIpc) is 3.67. The van der Waals surface area contributed by atoms with E-state index in [1.54, 1.807) is 0 Å². The second kappa shape index (κ2) is 13.0. The van der Waals surface area contributed by atoms with Crippen molar-refractivity contribution in [3.05, 3.63) is 200 Å². The van der Waals surface area contributed by atoms with E-state index < -0.39 is 0 Å². The summed E-state index contributed by atoms with van der Waals surface area (Å²) in [5.41, 5.74) is 16.5. The van der Waals surface area contributed by atoms with Gasteiger partial charge in [-0.25, -0.2) is 0 Å². The summed E-state index contributed by atoms with van der Waals surface area (Å²) in [5.74, 6) is 0. The maximum absolute atomic E-state index is 6.93. The number of anilines is 3. The first-order chi connectivity index (χ1) is 29.4. The average molecular weight is 768 g/mol. The van der Waals surface area contributed by atoms with Gasteiger partial charge >= 0.3 is 0 Å². The van der Waals surface area contributed by atoms with Crippen LogP contribution in [0.5, 0.6) is 0 Å². The van der Waals surface area contributed by atoms with E-state index in [2.05, 4.69) is 220 Å². The molecule has 284 valence electrons. The summed E-state index contributed by atoms with van der Waals surface area (Å²) in [6.45, 7) is 6.76. The fraction of sp³-hybridized carbons (Fsp3) is 0.0690. The molecule has 0 spiro atoms. The summed E-state index contributed by atoms with van der Waals surface area (Å²) in [6, 6.07) is 71.1. The quantitative estimate of drug-likeness (QED) is 0.162. The summed E-state index contributed by atoms with van der Waals surface area (Å²) in [4.78, 5) is 2.35. The molecular weight excluding hydrogens is 727 g/mol. The van der Waals surface area contributed by atoms with Crippen molar-refractivity contribution in [3.63, 3.8) is 0 Å². The number of para-hydroxylation sites is 3. The van der Waals surface area contributed by atoms with E-state index in [1.807, 2.05) is 0 Å². The molecule has 11 aromatic rings. The monoisotopic (exact) mass is 767 g/mol. The highest BCUT2D eigenvalue weighted by molar-refractivity contribution is 6.25. The minimum absolute atomic E-state index is 0.0570. The molecule has 0 radical (unpaired) electrons. The van der Waals surface area contributed by atoms with Crippen LogP contribution in [0.4, 0.5) is 17.1 Å². The summed E-state index contributed by atoms with van der Waals surface area (Å²) < 4.78 is 6.93. The zero-order valence-corrected chi connectivity index (χ0v) is 33.8. The fourth-order valence-corrected chi connectivity index (χ4v) is 9.88. The van der Waals surface area contributed by atoms with Gasteiger partial charge in [-0.05, 0) is 137 Å². The number of rotatable bonds is 5. The Bertz CT molecular complexity index is 3500. The van der Waals surface area contributed by atoms with Gasteiger partial charge in [-0.15, -0.1) is 0 Å². The Morgan fingerprint density at radius 1 is 0.367 bits per heavy atom. The topological polar surface area (TPSA) is 16.4 Å². The third-order valence-electron chi connectivity index (χ3n) is 12.7. The summed E-state index contributed by atoms with van der Waals surface area (Å²) in [6.07, 6.45) is 0. The normalized spacial score (nSPS) is 12.2. The Morgan fingerprint density at radius 3 is 1.47 bits per heavy atom. The smallest absolute Gasteiger partial charge is 0.159 e. The van der Waals surface area contributed by atoms with Crippen molar-refractivity contribution in [2.75, 3.05) is 4.90 Å². The number of hydrogen-bond acceptors (Lipinski definition) is 2. The van der Waals surface area contributed by atoms with E-state index in [1.165, 1.54) is 82.4 Å². The van der Waals surface area contributed by atoms with Crippen LogP contribution in [0.1, 0.15) is 26.3 Å². The van der Waals surface area contributed by atoms with Gasteiger partial charge in [-0.1, -0.05) is 160 Å². The van der Waals surface area contributed by atoms with E-state index in [0.29, 0.717) is 0 Å². The molecule has 1 aliphatic carbocycles. The third-order valence-corrected chi connectivity index (χ3v) is 12.7. The standard InChI is InChI=1S/C58H41NO/c1-58(2,3)52-27-15-25-44-45-26-16-28-53(57(45)60-56(44)52)59(40-21-11-6-12-22-40)41-30-29-38-32-46-47(33-39(38)31-41)49-35-51-50(34-48(46)49)54(36-17-7-4-8-18-36)42-23-13-14-24-43(42)55(51)37-19-9-5-10-20-37/h4-35H,1-3H3. The van der Waals surface area contributed by atoms with Crippen LogP contribution in [0.15, 0.2) is 199 Å². The molecule has 0 atom stereocenters. The maximum Gasteiger partial charge on any atom is 0.159 e. The lowest BCUT2D eigenvalue weighted by Gasteiger charge is -2.29. The third kappa shape index (κ3) is 5.20. The van der Waals surface area contributed by atoms with Crippen LogP contribution >= 0.6 is 0 Å². The second-order valence-electron chi connectivity index (χ2n) is 17.3. The van der Waals surface area contributed by atoms with E-state index in [4.69, 9.17) is 4.42 Å². The predicted molar refractivity (Wildman–Crippen MR) is 255 cm³/mol. The van der Waals surface area contributed by atoms with E-state index >= 15 is 0 Å². The second-order valence-corrected chi connectivity index (χ2v) is 17.3. The van der Waals surface area contributed by atoms with Crippen molar-refractivity contribution < 1.29 is 4.42 Å². The minimum atomic E-state index is -0.0570. The Balaban J connectivity index is 1.06. The van der Waals surface area contributed by atoms with Crippen LogP contribution in [-0.4, -0.2) is 0 Å². The Kier molecular flexibility index (Phi) is 7.52. The van der Waals surface area contributed by atoms with Crippen LogP contribution in [0.3, 0.4) is 0 Å². The molecule has 12 rings (SSSR count). The minimum Gasteiger partial charge on any atom is -0.454 e. The summed E-state index contributed by atoms with van der Waals surface area (Å²) in [7, 11) is 0. The number of nitrogens with zero attached hydrogens (tertiary/aromatic N) is 1. The van der Waals surface area contributed by atoms with Crippen molar-refractivity contribution in [1.82, 2.24) is 0 Å². The number of hydrogen-bond donors (Lipinski definition) is 0. The van der Waals surface area contributed by atoms with Gasteiger partial charge in [0, 0.05) is 27.7 Å². The Morgan fingerprint density at radius 2 is 0.867 bits per heavy atom. The number of furan rings is 1. The van der Waals surface area contributed by atoms with E-state index in [9.17, 15) is 0 Å². The first-order valence-corrected chi connectivity index (χ1v) is 20.9. The molecule has 2 heteroatoms. The van der Waals surface area contributed by atoms with Gasteiger partial charge in [0.1, 0.15) is 5.58 Å². The van der Waals surface area contributed by atoms with E-state index in [0.717, 1.165) is 39.0 Å². The SMILES string of the molecule is CC(C)(C)c1cccc2c1oc1c(N(c3ccccc3)c3ccc4cc5c(cc4c3)-c3cc4c(-c6ccccc6)c6ccccc6c(-c6ccccc6)c4cc3-5)cccc12. The summed E-state index contributed by atoms with van der Waals surface area (Å²) >= 11 is 0. The highest BCUT2D eigenvalue weighted by Gasteiger charge is 2.28. The van der Waals surface area contributed by atoms with E-state index in [-0.39, 0.29) is 5.41 Å². The summed E-state index contributed by atoms with van der Waals surface area (Å²) in [5, 5.41) is 9.81. The molecule has 0 aliphatic heterocycles. The van der Waals surface area contributed by atoms with Crippen molar-refractivity contribution >= 4 is 71.3 Å². The lowest BCUT2D eigenvalue weighted by atomic mass is 9.75. The van der Waals surface area contributed by atoms with Crippen molar-refractivity contribution in [2.24, 2.45) is 0 Å². The molecule has 1 aromatic heterocycles. The van der Waals surface area contributed by atoms with Crippen molar-refractivity contribution in [3.8, 4) is 44.5 Å². The van der Waals surface area contributed by atoms with Gasteiger partial charge in [-0.2, -0.15) is 0 Å². The van der Waals surface area contributed by atoms with Gasteiger partial charge in [0.15, 0.2) is 5.58 Å². The molecule has 0 N–H and O–H groups in total. The lowest BCUT2D eigenvalue weighted by molar-refractivity contribution is 0.573. The molecule has 0 saturated heterocycles. The van der Waals surface area contributed by atoms with Gasteiger partial charge < -0.3 is 9.32 Å². The van der Waals surface area contributed by atoms with Crippen LogP contribution < -0.4 is 4.90 Å². The molecule has 0 unspecified atom stereocenters. The molecule has 2 nitrogen and oxygen atoms in total. The molecule has 60 heavy (non-hydrogen) atoms. The molecule has 0 amide bonds. The van der Waals surface area contributed by atoms with Crippen LogP contribution in [-0.2, 0) is 5.41 Å². The zero-order chi connectivity index (χ0) is 40.1. The molecule has 10 aromatic carbocycles. The predicted octanol–water partition coefficient (Wildman–Crippen LogP) is 16.8. The molecule has 1 aliphatic rings. The maximum atomic E-state index is 6.93.